The normalized spacial score (nSPS) is 12.5. The average Bonchev–Trinajstić information content (AvgIpc) is 3.21. The van der Waals surface area contributed by atoms with E-state index in [9.17, 15) is 13.2 Å². The third kappa shape index (κ3) is 5.28. The molecule has 0 radical (unpaired) electrons. The second-order valence-corrected chi connectivity index (χ2v) is 8.60. The molecule has 3 rings (SSSR count). The van der Waals surface area contributed by atoms with E-state index in [1.165, 1.54) is 30.9 Å². The van der Waals surface area contributed by atoms with E-state index < -0.39 is 22.0 Å². The first-order chi connectivity index (χ1) is 13.9. The lowest BCUT2D eigenvalue weighted by Gasteiger charge is -2.20. The Labute approximate surface area is 177 Å². The number of rotatable bonds is 8. The van der Waals surface area contributed by atoms with Gasteiger partial charge >= 0.3 is 5.97 Å². The number of aromatic nitrogens is 3. The molecule has 3 aromatic rings. The third-order valence-electron chi connectivity index (χ3n) is 4.07. The zero-order valence-corrected chi connectivity index (χ0v) is 17.9. The minimum atomic E-state index is -3.91. The third-order valence-corrected chi connectivity index (χ3v) is 6.52. The Hall–Kier alpha value is -2.56. The Bertz CT molecular complexity index is 1070. The van der Waals surface area contributed by atoms with E-state index in [0.717, 1.165) is 5.56 Å². The number of halogens is 1. The number of esters is 1. The number of nitrogens with one attached hydrogen (secondary N) is 1. The van der Waals surface area contributed by atoms with Gasteiger partial charge in [0, 0.05) is 4.47 Å². The number of nitrogens with zero attached hydrogens (tertiary/aromatic N) is 3. The van der Waals surface area contributed by atoms with Crippen LogP contribution >= 0.6 is 15.9 Å². The lowest BCUT2D eigenvalue weighted by atomic mass is 10.1. The molecule has 8 nitrogen and oxygen atoms in total. The number of hydrogen-bond acceptors (Lipinski definition) is 6. The van der Waals surface area contributed by atoms with Crippen LogP contribution in [0, 0.1) is 0 Å². The maximum atomic E-state index is 13.1. The van der Waals surface area contributed by atoms with Gasteiger partial charge in [-0.1, -0.05) is 30.3 Å². The van der Waals surface area contributed by atoms with Gasteiger partial charge in [0.1, 0.15) is 12.7 Å². The first-order valence-electron chi connectivity index (χ1n) is 8.77. The highest BCUT2D eigenvalue weighted by atomic mass is 79.9. The van der Waals surface area contributed by atoms with Crippen LogP contribution < -0.4 is 4.72 Å². The van der Waals surface area contributed by atoms with Gasteiger partial charge in [-0.3, -0.25) is 4.68 Å². The first-order valence-corrected chi connectivity index (χ1v) is 11.0. The fraction of sp³-hybridized carbons (Fsp3) is 0.211. The molecular formula is C19H19BrN4O4S. The number of carbonyl (C=O) groups is 1. The number of hydrogen-bond donors (Lipinski definition) is 1. The standard InChI is InChI=1S/C19H19BrN4O4S/c1-2-28-19(25)15-8-9-18(16(20)10-15)29(26,27)23-17(11-24-13-21-12-22-24)14-6-4-3-5-7-14/h3-10,12-13,17,23H,2,11H2,1H3. The van der Waals surface area contributed by atoms with Crippen molar-refractivity contribution in [2.75, 3.05) is 6.61 Å². The molecule has 0 saturated carbocycles. The highest BCUT2D eigenvalue weighted by molar-refractivity contribution is 9.10. The van der Waals surface area contributed by atoms with Crippen LogP contribution in [0.5, 0.6) is 0 Å². The van der Waals surface area contributed by atoms with E-state index in [1.807, 2.05) is 30.3 Å². The minimum Gasteiger partial charge on any atom is -0.462 e. The van der Waals surface area contributed by atoms with Crippen molar-refractivity contribution in [3.05, 3.63) is 76.8 Å². The van der Waals surface area contributed by atoms with E-state index in [-0.39, 0.29) is 28.1 Å². The van der Waals surface area contributed by atoms with E-state index >= 15 is 0 Å². The van der Waals surface area contributed by atoms with E-state index in [2.05, 4.69) is 30.7 Å². The van der Waals surface area contributed by atoms with Gasteiger partial charge in [0.15, 0.2) is 0 Å². The molecule has 1 unspecified atom stereocenters. The molecule has 1 heterocycles. The fourth-order valence-corrected chi connectivity index (χ4v) is 5.01. The molecule has 29 heavy (non-hydrogen) atoms. The fourth-order valence-electron chi connectivity index (χ4n) is 2.72. The quantitative estimate of drug-likeness (QED) is 0.499. The molecule has 0 saturated heterocycles. The van der Waals surface area contributed by atoms with Crippen LogP contribution in [0.1, 0.15) is 28.9 Å². The van der Waals surface area contributed by atoms with Crippen LogP contribution in [0.4, 0.5) is 0 Å². The summed E-state index contributed by atoms with van der Waals surface area (Å²) in [6.45, 7) is 2.20. The molecule has 10 heteroatoms. The van der Waals surface area contributed by atoms with Gasteiger partial charge in [-0.25, -0.2) is 22.9 Å². The maximum absolute atomic E-state index is 13.1. The van der Waals surface area contributed by atoms with Gasteiger partial charge in [0.25, 0.3) is 0 Å². The Balaban J connectivity index is 1.89. The molecule has 0 aliphatic carbocycles. The summed E-state index contributed by atoms with van der Waals surface area (Å²) in [5, 5.41) is 4.06. The summed E-state index contributed by atoms with van der Waals surface area (Å²) >= 11 is 3.25. The van der Waals surface area contributed by atoms with Crippen molar-refractivity contribution in [2.24, 2.45) is 0 Å². The van der Waals surface area contributed by atoms with Crippen molar-refractivity contribution in [3.8, 4) is 0 Å². The number of carbonyl (C=O) groups excluding carboxylic acids is 1. The molecule has 0 amide bonds. The molecule has 0 aliphatic rings. The van der Waals surface area contributed by atoms with Crippen LogP contribution in [0.15, 0.2) is 70.6 Å². The van der Waals surface area contributed by atoms with Gasteiger partial charge in [-0.05, 0) is 46.6 Å². The first kappa shape index (κ1) is 21.2. The molecule has 2 aromatic carbocycles. The zero-order chi connectivity index (χ0) is 20.9. The van der Waals surface area contributed by atoms with E-state index in [4.69, 9.17) is 4.74 Å². The maximum Gasteiger partial charge on any atom is 0.338 e. The van der Waals surface area contributed by atoms with Gasteiger partial charge in [0.2, 0.25) is 10.0 Å². The van der Waals surface area contributed by atoms with Crippen molar-refractivity contribution >= 4 is 31.9 Å². The van der Waals surface area contributed by atoms with Crippen LogP contribution in [0.25, 0.3) is 0 Å². The van der Waals surface area contributed by atoms with Crippen molar-refractivity contribution in [3.63, 3.8) is 0 Å². The monoisotopic (exact) mass is 478 g/mol. The summed E-state index contributed by atoms with van der Waals surface area (Å²) in [5.74, 6) is -0.515. The van der Waals surface area contributed by atoms with Crippen LogP contribution in [-0.2, 0) is 21.3 Å². The second-order valence-electron chi connectivity index (χ2n) is 6.07. The number of ether oxygens (including phenoxy) is 1. The lowest BCUT2D eigenvalue weighted by molar-refractivity contribution is 0.0526. The summed E-state index contributed by atoms with van der Waals surface area (Å²) in [6, 6.07) is 12.9. The Morgan fingerprint density at radius 3 is 2.62 bits per heavy atom. The summed E-state index contributed by atoms with van der Waals surface area (Å²) in [5.41, 5.74) is 1.05. The van der Waals surface area contributed by atoms with Gasteiger partial charge in [0.05, 0.1) is 29.7 Å². The van der Waals surface area contributed by atoms with Crippen LogP contribution in [-0.4, -0.2) is 35.8 Å². The molecule has 0 spiro atoms. The second kappa shape index (κ2) is 9.29. The molecule has 1 aromatic heterocycles. The van der Waals surface area contributed by atoms with Crippen LogP contribution in [0.2, 0.25) is 0 Å². The van der Waals surface area contributed by atoms with Crippen molar-refractivity contribution in [2.45, 2.75) is 24.4 Å². The summed E-state index contributed by atoms with van der Waals surface area (Å²) < 4.78 is 35.6. The topological polar surface area (TPSA) is 103 Å². The molecule has 1 N–H and O–H groups in total. The average molecular weight is 479 g/mol. The highest BCUT2D eigenvalue weighted by Gasteiger charge is 2.25. The minimum absolute atomic E-state index is 0.0186. The van der Waals surface area contributed by atoms with Crippen molar-refractivity contribution in [1.29, 1.82) is 0 Å². The largest absolute Gasteiger partial charge is 0.462 e. The van der Waals surface area contributed by atoms with Crippen molar-refractivity contribution < 1.29 is 17.9 Å². The summed E-state index contributed by atoms with van der Waals surface area (Å²) in [4.78, 5) is 15.8. The molecule has 0 fully saturated rings. The molecule has 0 bridgehead atoms. The summed E-state index contributed by atoms with van der Waals surface area (Å²) in [7, 11) is -3.91. The zero-order valence-electron chi connectivity index (χ0n) is 15.5. The Kier molecular flexibility index (Phi) is 6.78. The lowest BCUT2D eigenvalue weighted by Crippen LogP contribution is -2.32. The predicted molar refractivity (Wildman–Crippen MR) is 110 cm³/mol. The van der Waals surface area contributed by atoms with E-state index in [1.54, 1.807) is 11.6 Å². The molecule has 152 valence electrons. The Morgan fingerprint density at radius 1 is 1.24 bits per heavy atom. The Morgan fingerprint density at radius 2 is 2.00 bits per heavy atom. The molecule has 0 aliphatic heterocycles. The molecule has 1 atom stereocenters. The SMILES string of the molecule is CCOC(=O)c1ccc(S(=O)(=O)NC(Cn2cncn2)c2ccccc2)c(Br)c1. The van der Waals surface area contributed by atoms with Crippen LogP contribution in [0.3, 0.4) is 0 Å². The van der Waals surface area contributed by atoms with Gasteiger partial charge < -0.3 is 4.74 Å². The van der Waals surface area contributed by atoms with Gasteiger partial charge in [-0.2, -0.15) is 5.10 Å². The number of sulfonamides is 1. The van der Waals surface area contributed by atoms with E-state index in [0.29, 0.717) is 0 Å². The van der Waals surface area contributed by atoms with Gasteiger partial charge in [-0.15, -0.1) is 0 Å². The van der Waals surface area contributed by atoms with Crippen molar-refractivity contribution in [1.82, 2.24) is 19.5 Å². The number of benzene rings is 2. The molecular weight excluding hydrogens is 460 g/mol. The predicted octanol–water partition coefficient (Wildman–Crippen LogP) is 2.94. The highest BCUT2D eigenvalue weighted by Crippen LogP contribution is 2.26. The summed E-state index contributed by atoms with van der Waals surface area (Å²) in [6.07, 6.45) is 2.91. The smallest absolute Gasteiger partial charge is 0.338 e.